The number of hydrogen-bond acceptors (Lipinski definition) is 6. The van der Waals surface area contributed by atoms with E-state index in [1.165, 1.54) is 22.0 Å². The Bertz CT molecular complexity index is 1070. The van der Waals surface area contributed by atoms with E-state index in [1.807, 2.05) is 32.0 Å². The standard InChI is InChI=1S/C25H33N3O5S/c1-19-16-28(17-20(2)33-19)34(30,31)24-9-7-21(8-10-24)25(29)26-15-22-5-3-4-6-23(22)18-27-11-13-32-14-12-27/h3-10,19-20H,11-18H2,1-2H3,(H,26,29). The smallest absolute Gasteiger partial charge is 0.251 e. The topological polar surface area (TPSA) is 88.2 Å². The van der Waals surface area contributed by atoms with E-state index in [0.717, 1.165) is 38.4 Å². The zero-order chi connectivity index (χ0) is 24.1. The van der Waals surface area contributed by atoms with Crippen molar-refractivity contribution < 1.29 is 22.7 Å². The molecule has 0 spiro atoms. The summed E-state index contributed by atoms with van der Waals surface area (Å²) in [5.74, 6) is -0.237. The van der Waals surface area contributed by atoms with Crippen LogP contribution in [0.3, 0.4) is 0 Å². The minimum atomic E-state index is -3.64. The monoisotopic (exact) mass is 487 g/mol. The van der Waals surface area contributed by atoms with Crippen LogP contribution in [0.4, 0.5) is 0 Å². The van der Waals surface area contributed by atoms with Crippen molar-refractivity contribution in [3.05, 3.63) is 65.2 Å². The molecule has 2 atom stereocenters. The molecule has 184 valence electrons. The summed E-state index contributed by atoms with van der Waals surface area (Å²) in [5.41, 5.74) is 2.67. The number of ether oxygens (including phenoxy) is 2. The van der Waals surface area contributed by atoms with E-state index < -0.39 is 10.0 Å². The molecule has 0 aliphatic carbocycles. The second-order valence-corrected chi connectivity index (χ2v) is 10.9. The predicted molar refractivity (Wildman–Crippen MR) is 129 cm³/mol. The summed E-state index contributed by atoms with van der Waals surface area (Å²) in [6, 6.07) is 14.2. The Balaban J connectivity index is 1.38. The van der Waals surface area contributed by atoms with Gasteiger partial charge in [0.1, 0.15) is 0 Å². The number of carbonyl (C=O) groups is 1. The van der Waals surface area contributed by atoms with Crippen LogP contribution in [0.25, 0.3) is 0 Å². The van der Waals surface area contributed by atoms with E-state index in [2.05, 4.69) is 16.3 Å². The highest BCUT2D eigenvalue weighted by Gasteiger charge is 2.32. The molecule has 1 N–H and O–H groups in total. The van der Waals surface area contributed by atoms with Gasteiger partial charge in [-0.05, 0) is 49.2 Å². The van der Waals surface area contributed by atoms with Crippen molar-refractivity contribution in [1.29, 1.82) is 0 Å². The van der Waals surface area contributed by atoms with Crippen molar-refractivity contribution >= 4 is 15.9 Å². The first-order valence-electron chi connectivity index (χ1n) is 11.7. The maximum Gasteiger partial charge on any atom is 0.251 e. The van der Waals surface area contributed by atoms with Crippen molar-refractivity contribution in [2.24, 2.45) is 0 Å². The van der Waals surface area contributed by atoms with Crippen LogP contribution in [0.1, 0.15) is 35.3 Å². The van der Waals surface area contributed by atoms with Crippen molar-refractivity contribution in [3.8, 4) is 0 Å². The number of morpholine rings is 2. The first-order valence-corrected chi connectivity index (χ1v) is 13.2. The molecule has 2 fully saturated rings. The van der Waals surface area contributed by atoms with Crippen LogP contribution >= 0.6 is 0 Å². The van der Waals surface area contributed by atoms with Gasteiger partial charge >= 0.3 is 0 Å². The van der Waals surface area contributed by atoms with Gasteiger partial charge in [0, 0.05) is 44.8 Å². The Morgan fingerprint density at radius 2 is 1.59 bits per heavy atom. The van der Waals surface area contributed by atoms with Crippen LogP contribution in [-0.4, -0.2) is 75.1 Å². The van der Waals surface area contributed by atoms with Gasteiger partial charge in [-0.2, -0.15) is 4.31 Å². The molecule has 2 aliphatic heterocycles. The summed E-state index contributed by atoms with van der Waals surface area (Å²) in [6.45, 7) is 8.88. The van der Waals surface area contributed by atoms with Gasteiger partial charge in [-0.1, -0.05) is 24.3 Å². The average Bonchev–Trinajstić information content (AvgIpc) is 2.83. The molecule has 34 heavy (non-hydrogen) atoms. The van der Waals surface area contributed by atoms with E-state index in [0.29, 0.717) is 25.2 Å². The summed E-state index contributed by atoms with van der Waals surface area (Å²) in [4.78, 5) is 15.3. The normalized spacial score (nSPS) is 22.4. The molecule has 2 heterocycles. The number of sulfonamides is 1. The lowest BCUT2D eigenvalue weighted by molar-refractivity contribution is -0.0440. The zero-order valence-corrected chi connectivity index (χ0v) is 20.6. The van der Waals surface area contributed by atoms with Crippen LogP contribution < -0.4 is 5.32 Å². The van der Waals surface area contributed by atoms with Gasteiger partial charge in [0.2, 0.25) is 10.0 Å². The molecule has 2 unspecified atom stereocenters. The molecular formula is C25H33N3O5S. The molecule has 0 aromatic heterocycles. The summed E-state index contributed by atoms with van der Waals surface area (Å²) in [6.07, 6.45) is -0.315. The van der Waals surface area contributed by atoms with Gasteiger partial charge in [0.25, 0.3) is 5.91 Å². The zero-order valence-electron chi connectivity index (χ0n) is 19.8. The van der Waals surface area contributed by atoms with Crippen molar-refractivity contribution in [3.63, 3.8) is 0 Å². The number of nitrogens with one attached hydrogen (secondary N) is 1. The highest BCUT2D eigenvalue weighted by atomic mass is 32.2. The Morgan fingerprint density at radius 1 is 0.971 bits per heavy atom. The predicted octanol–water partition coefficient (Wildman–Crippen LogP) is 2.25. The van der Waals surface area contributed by atoms with Crippen LogP contribution in [0.2, 0.25) is 0 Å². The number of hydrogen-bond donors (Lipinski definition) is 1. The van der Waals surface area contributed by atoms with Crippen molar-refractivity contribution in [1.82, 2.24) is 14.5 Å². The van der Waals surface area contributed by atoms with E-state index in [9.17, 15) is 13.2 Å². The van der Waals surface area contributed by atoms with Crippen LogP contribution in [0.5, 0.6) is 0 Å². The number of nitrogens with zero attached hydrogens (tertiary/aromatic N) is 2. The Labute approximate surface area is 201 Å². The molecule has 0 bridgehead atoms. The van der Waals surface area contributed by atoms with Gasteiger partial charge in [-0.15, -0.1) is 0 Å². The SMILES string of the molecule is CC1CN(S(=O)(=O)c2ccc(C(=O)NCc3ccccc3CN3CCOCC3)cc2)CC(C)O1. The maximum atomic E-state index is 13.0. The first-order chi connectivity index (χ1) is 16.3. The van der Waals surface area contributed by atoms with Gasteiger partial charge in [0.05, 0.1) is 30.3 Å². The molecule has 2 saturated heterocycles. The molecule has 9 heteroatoms. The lowest BCUT2D eigenvalue weighted by Gasteiger charge is -2.34. The lowest BCUT2D eigenvalue weighted by Crippen LogP contribution is -2.48. The highest BCUT2D eigenvalue weighted by molar-refractivity contribution is 7.89. The number of benzene rings is 2. The molecule has 2 aromatic carbocycles. The van der Waals surface area contributed by atoms with Crippen LogP contribution in [-0.2, 0) is 32.6 Å². The molecular weight excluding hydrogens is 454 g/mol. The number of rotatable bonds is 7. The van der Waals surface area contributed by atoms with Gasteiger partial charge in [-0.3, -0.25) is 9.69 Å². The van der Waals surface area contributed by atoms with Gasteiger partial charge in [-0.25, -0.2) is 8.42 Å². The number of amides is 1. The molecule has 1 amide bonds. The molecule has 0 saturated carbocycles. The molecule has 2 aromatic rings. The Kier molecular flexibility index (Phi) is 8.00. The summed E-state index contributed by atoms with van der Waals surface area (Å²) in [5, 5.41) is 2.97. The van der Waals surface area contributed by atoms with E-state index >= 15 is 0 Å². The molecule has 2 aliphatic rings. The van der Waals surface area contributed by atoms with Crippen molar-refractivity contribution in [2.75, 3.05) is 39.4 Å². The third-order valence-electron chi connectivity index (χ3n) is 6.20. The molecule has 8 nitrogen and oxygen atoms in total. The molecule has 4 rings (SSSR count). The van der Waals surface area contributed by atoms with Crippen molar-refractivity contribution in [2.45, 2.75) is 44.0 Å². The molecule has 0 radical (unpaired) electrons. The summed E-state index contributed by atoms with van der Waals surface area (Å²) < 4.78 is 38.6. The second-order valence-electron chi connectivity index (χ2n) is 8.94. The van der Waals surface area contributed by atoms with Gasteiger partial charge < -0.3 is 14.8 Å². The van der Waals surface area contributed by atoms with Crippen LogP contribution in [0.15, 0.2) is 53.4 Å². The third kappa shape index (κ3) is 6.03. The van der Waals surface area contributed by atoms with Crippen LogP contribution in [0, 0.1) is 0 Å². The van der Waals surface area contributed by atoms with Gasteiger partial charge in [0.15, 0.2) is 0 Å². The minimum absolute atomic E-state index is 0.158. The second kappa shape index (κ2) is 11.0. The largest absolute Gasteiger partial charge is 0.379 e. The first kappa shape index (κ1) is 24.8. The Morgan fingerprint density at radius 3 is 2.24 bits per heavy atom. The fourth-order valence-corrected chi connectivity index (χ4v) is 6.01. The summed E-state index contributed by atoms with van der Waals surface area (Å²) in [7, 11) is -3.64. The fraction of sp³-hybridized carbons (Fsp3) is 0.480. The lowest BCUT2D eigenvalue weighted by atomic mass is 10.1. The third-order valence-corrected chi connectivity index (χ3v) is 8.04. The fourth-order valence-electron chi connectivity index (χ4n) is 4.42. The summed E-state index contributed by atoms with van der Waals surface area (Å²) >= 11 is 0. The van der Waals surface area contributed by atoms with E-state index in [-0.39, 0.29) is 23.0 Å². The number of carbonyl (C=O) groups excluding carboxylic acids is 1. The van der Waals surface area contributed by atoms with E-state index in [4.69, 9.17) is 9.47 Å². The quantitative estimate of drug-likeness (QED) is 0.645. The maximum absolute atomic E-state index is 13.0. The average molecular weight is 488 g/mol. The minimum Gasteiger partial charge on any atom is -0.379 e. The highest BCUT2D eigenvalue weighted by Crippen LogP contribution is 2.21. The van der Waals surface area contributed by atoms with E-state index in [1.54, 1.807) is 12.1 Å². The Hall–Kier alpha value is -2.30.